The lowest BCUT2D eigenvalue weighted by Gasteiger charge is -2.45. The van der Waals surface area contributed by atoms with Gasteiger partial charge in [-0.2, -0.15) is 4.31 Å². The van der Waals surface area contributed by atoms with Crippen molar-refractivity contribution in [2.75, 3.05) is 49.1 Å². The van der Waals surface area contributed by atoms with Gasteiger partial charge in [0.1, 0.15) is 4.21 Å². The highest BCUT2D eigenvalue weighted by molar-refractivity contribution is 7.91. The Morgan fingerprint density at radius 3 is 2.41 bits per heavy atom. The van der Waals surface area contributed by atoms with Gasteiger partial charge < -0.3 is 10.0 Å². The van der Waals surface area contributed by atoms with E-state index >= 15 is 0 Å². The minimum absolute atomic E-state index is 0.122. The third kappa shape index (κ3) is 5.50. The van der Waals surface area contributed by atoms with Crippen molar-refractivity contribution >= 4 is 36.9 Å². The van der Waals surface area contributed by atoms with Gasteiger partial charge in [0.25, 0.3) is 10.0 Å². The zero-order valence-corrected chi connectivity index (χ0v) is 22.2. The highest BCUT2D eigenvalue weighted by Gasteiger charge is 2.38. The largest absolute Gasteiger partial charge is 0.386 e. The maximum absolute atomic E-state index is 13.2. The third-order valence-corrected chi connectivity index (χ3v) is 11.7. The van der Waals surface area contributed by atoms with E-state index in [0.717, 1.165) is 11.3 Å². The fourth-order valence-corrected chi connectivity index (χ4v) is 8.95. The number of sulfonamides is 1. The van der Waals surface area contributed by atoms with E-state index in [1.807, 2.05) is 31.2 Å². The molecule has 0 saturated carbocycles. The van der Waals surface area contributed by atoms with Crippen molar-refractivity contribution in [3.05, 3.63) is 47.3 Å². The number of benzene rings is 1. The molecule has 2 aliphatic rings. The number of sulfone groups is 1. The molecule has 1 aromatic heterocycles. The SMILES string of the molecule is C[C@@H]1CS(=O)(=O)CCN1C[C@H]1CN(S(=O)(=O)c2cccs2)CCN1c1ccc(C(C)(C)O)cc1. The van der Waals surface area contributed by atoms with Crippen molar-refractivity contribution in [1.29, 1.82) is 0 Å². The summed E-state index contributed by atoms with van der Waals surface area (Å²) >= 11 is 1.22. The number of piperazine rings is 1. The minimum atomic E-state index is -3.58. The lowest BCUT2D eigenvalue weighted by atomic mass is 9.98. The molecule has 2 fully saturated rings. The Kier molecular flexibility index (Phi) is 7.16. The molecule has 11 heteroatoms. The van der Waals surface area contributed by atoms with Crippen molar-refractivity contribution in [1.82, 2.24) is 9.21 Å². The van der Waals surface area contributed by atoms with Crippen molar-refractivity contribution in [2.45, 2.75) is 42.7 Å². The summed E-state index contributed by atoms with van der Waals surface area (Å²) in [5.41, 5.74) is 0.824. The van der Waals surface area contributed by atoms with Crippen LogP contribution in [0.3, 0.4) is 0 Å². The van der Waals surface area contributed by atoms with E-state index in [1.165, 1.54) is 11.3 Å². The molecule has 8 nitrogen and oxygen atoms in total. The number of aliphatic hydroxyl groups is 1. The molecule has 3 heterocycles. The summed E-state index contributed by atoms with van der Waals surface area (Å²) in [5.74, 6) is 0.249. The van der Waals surface area contributed by atoms with Crippen LogP contribution in [-0.2, 0) is 25.5 Å². The predicted octanol–water partition coefficient (Wildman–Crippen LogP) is 1.97. The monoisotopic (exact) mass is 527 g/mol. The summed E-state index contributed by atoms with van der Waals surface area (Å²) < 4.78 is 52.5. The standard InChI is InChI=1S/C23H33N3O5S3/c1-18-17-33(28,29)14-12-24(18)15-21-16-25(34(30,31)22-5-4-13-32-22)10-11-26(21)20-8-6-19(7-9-20)23(2,3)27/h4-9,13,18,21,27H,10-12,14-17H2,1-3H3/t18-,21+/m1/s1. The quantitative estimate of drug-likeness (QED) is 0.613. The first kappa shape index (κ1) is 25.6. The molecule has 1 N–H and O–H groups in total. The van der Waals surface area contributed by atoms with Crippen LogP contribution in [0.15, 0.2) is 46.0 Å². The molecule has 2 aliphatic heterocycles. The van der Waals surface area contributed by atoms with Crippen molar-refractivity contribution in [3.8, 4) is 0 Å². The van der Waals surface area contributed by atoms with Gasteiger partial charge in [0.05, 0.1) is 23.1 Å². The van der Waals surface area contributed by atoms with E-state index in [9.17, 15) is 21.9 Å². The zero-order valence-electron chi connectivity index (χ0n) is 19.8. The Balaban J connectivity index is 1.60. The highest BCUT2D eigenvalue weighted by Crippen LogP contribution is 2.29. The fourth-order valence-electron chi connectivity index (χ4n) is 4.71. The Bertz CT molecular complexity index is 1190. The van der Waals surface area contributed by atoms with Crippen LogP contribution >= 0.6 is 11.3 Å². The van der Waals surface area contributed by atoms with Gasteiger partial charge in [-0.05, 0) is 49.9 Å². The second kappa shape index (κ2) is 9.51. The lowest BCUT2D eigenvalue weighted by molar-refractivity contribution is 0.0786. The maximum atomic E-state index is 13.2. The van der Waals surface area contributed by atoms with E-state index in [-0.39, 0.29) is 23.6 Å². The van der Waals surface area contributed by atoms with E-state index in [4.69, 9.17) is 0 Å². The summed E-state index contributed by atoms with van der Waals surface area (Å²) in [4.78, 5) is 4.37. The van der Waals surface area contributed by atoms with Crippen LogP contribution in [0, 0.1) is 0 Å². The van der Waals surface area contributed by atoms with Gasteiger partial charge >= 0.3 is 0 Å². The average Bonchev–Trinajstić information content (AvgIpc) is 3.31. The molecule has 2 atom stereocenters. The van der Waals surface area contributed by atoms with Gasteiger partial charge in [-0.3, -0.25) is 4.90 Å². The Labute approximate surface area is 206 Å². The fraction of sp³-hybridized carbons (Fsp3) is 0.565. The molecule has 0 radical (unpaired) electrons. The van der Waals surface area contributed by atoms with E-state index in [0.29, 0.717) is 36.9 Å². The zero-order chi connectivity index (χ0) is 24.7. The average molecular weight is 528 g/mol. The maximum Gasteiger partial charge on any atom is 0.252 e. The molecule has 0 bridgehead atoms. The number of hydrogen-bond donors (Lipinski definition) is 1. The van der Waals surface area contributed by atoms with E-state index in [2.05, 4.69) is 9.80 Å². The van der Waals surface area contributed by atoms with Gasteiger partial charge in [-0.15, -0.1) is 11.3 Å². The Morgan fingerprint density at radius 2 is 1.82 bits per heavy atom. The summed E-state index contributed by atoms with van der Waals surface area (Å²) in [7, 11) is -6.62. The van der Waals surface area contributed by atoms with Gasteiger partial charge in [0.15, 0.2) is 9.84 Å². The predicted molar refractivity (Wildman–Crippen MR) is 136 cm³/mol. The third-order valence-electron chi connectivity index (χ3n) is 6.69. The van der Waals surface area contributed by atoms with Crippen LogP contribution in [0.4, 0.5) is 5.69 Å². The van der Waals surface area contributed by atoms with Crippen LogP contribution in [-0.4, -0.2) is 87.5 Å². The van der Waals surface area contributed by atoms with E-state index < -0.39 is 25.5 Å². The first-order chi connectivity index (χ1) is 15.9. The number of rotatable bonds is 6. The van der Waals surface area contributed by atoms with Crippen LogP contribution in [0.2, 0.25) is 0 Å². The summed E-state index contributed by atoms with van der Waals surface area (Å²) in [5, 5.41) is 12.1. The first-order valence-electron chi connectivity index (χ1n) is 11.4. The van der Waals surface area contributed by atoms with Crippen LogP contribution in [0.25, 0.3) is 0 Å². The normalized spacial score (nSPS) is 24.9. The second-order valence-electron chi connectivity index (χ2n) is 9.71. The molecule has 1 aromatic carbocycles. The van der Waals surface area contributed by atoms with Gasteiger partial charge in [-0.1, -0.05) is 18.2 Å². The number of nitrogens with zero attached hydrogens (tertiary/aromatic N) is 3. The van der Waals surface area contributed by atoms with Gasteiger partial charge in [-0.25, -0.2) is 16.8 Å². The van der Waals surface area contributed by atoms with Crippen molar-refractivity contribution in [2.24, 2.45) is 0 Å². The molecular formula is C23H33N3O5S3. The van der Waals surface area contributed by atoms with Gasteiger partial charge in [0, 0.05) is 44.5 Å². The molecule has 188 valence electrons. The van der Waals surface area contributed by atoms with Crippen molar-refractivity contribution in [3.63, 3.8) is 0 Å². The molecule has 34 heavy (non-hydrogen) atoms. The lowest BCUT2D eigenvalue weighted by Crippen LogP contribution is -2.60. The molecule has 2 saturated heterocycles. The summed E-state index contributed by atoms with van der Waals surface area (Å²) in [6.07, 6.45) is 0. The molecule has 0 spiro atoms. The molecule has 4 rings (SSSR count). The number of anilines is 1. The molecular weight excluding hydrogens is 494 g/mol. The van der Waals surface area contributed by atoms with Gasteiger partial charge in [0.2, 0.25) is 0 Å². The Morgan fingerprint density at radius 1 is 1.12 bits per heavy atom. The number of hydrogen-bond acceptors (Lipinski definition) is 8. The van der Waals surface area contributed by atoms with Crippen LogP contribution in [0.1, 0.15) is 26.3 Å². The molecule has 0 unspecified atom stereocenters. The molecule has 0 amide bonds. The Hall–Kier alpha value is -1.50. The molecule has 0 aliphatic carbocycles. The smallest absolute Gasteiger partial charge is 0.252 e. The minimum Gasteiger partial charge on any atom is -0.386 e. The topological polar surface area (TPSA) is 98.2 Å². The van der Waals surface area contributed by atoms with E-state index in [1.54, 1.807) is 35.7 Å². The first-order valence-corrected chi connectivity index (χ1v) is 15.6. The highest BCUT2D eigenvalue weighted by atomic mass is 32.2. The summed E-state index contributed by atoms with van der Waals surface area (Å²) in [6.45, 7) is 7.64. The second-order valence-corrected chi connectivity index (χ2v) is 15.0. The van der Waals surface area contributed by atoms with Crippen LogP contribution in [0.5, 0.6) is 0 Å². The van der Waals surface area contributed by atoms with Crippen molar-refractivity contribution < 1.29 is 21.9 Å². The van der Waals surface area contributed by atoms with Crippen LogP contribution < -0.4 is 4.90 Å². The summed E-state index contributed by atoms with van der Waals surface area (Å²) in [6, 6.07) is 10.8. The molecule has 2 aromatic rings. The number of thiophene rings is 1.